The fourth-order valence-corrected chi connectivity index (χ4v) is 1.34. The zero-order valence-electron chi connectivity index (χ0n) is 10.2. The Labute approximate surface area is 97.0 Å². The first-order valence-corrected chi connectivity index (χ1v) is 5.57. The summed E-state index contributed by atoms with van der Waals surface area (Å²) in [6, 6.07) is 3.91. The molecule has 0 spiro atoms. The van der Waals surface area contributed by atoms with Crippen molar-refractivity contribution in [3.8, 4) is 5.75 Å². The van der Waals surface area contributed by atoms with Gasteiger partial charge in [0, 0.05) is 13.7 Å². The van der Waals surface area contributed by atoms with E-state index >= 15 is 0 Å². The zero-order chi connectivity index (χ0) is 11.8. The third-order valence-electron chi connectivity index (χ3n) is 2.09. The number of hydrogen-bond donors (Lipinski definition) is 1. The number of nitrogens with zero attached hydrogens (tertiary/aromatic N) is 1. The second-order valence-corrected chi connectivity index (χ2v) is 3.65. The fourth-order valence-electron chi connectivity index (χ4n) is 1.34. The van der Waals surface area contributed by atoms with E-state index in [1.165, 1.54) is 0 Å². The third kappa shape index (κ3) is 4.59. The number of hydrogen-bond acceptors (Lipinski definition) is 4. The minimum Gasteiger partial charge on any atom is -0.487 e. The maximum Gasteiger partial charge on any atom is 0.138 e. The van der Waals surface area contributed by atoms with Crippen molar-refractivity contribution in [2.75, 3.05) is 20.3 Å². The molecule has 1 heterocycles. The lowest BCUT2D eigenvalue weighted by Crippen LogP contribution is -2.18. The van der Waals surface area contributed by atoms with Gasteiger partial charge in [-0.3, -0.25) is 4.98 Å². The van der Waals surface area contributed by atoms with Crippen LogP contribution in [0.15, 0.2) is 18.3 Å². The van der Waals surface area contributed by atoms with Gasteiger partial charge in [-0.25, -0.2) is 0 Å². The van der Waals surface area contributed by atoms with Crippen LogP contribution in [0.25, 0.3) is 0 Å². The maximum atomic E-state index is 5.61. The Morgan fingerprint density at radius 2 is 2.25 bits per heavy atom. The Bertz CT molecular complexity index is 288. The van der Waals surface area contributed by atoms with Gasteiger partial charge in [-0.15, -0.1) is 0 Å². The summed E-state index contributed by atoms with van der Waals surface area (Å²) in [7, 11) is 1.66. The van der Waals surface area contributed by atoms with Crippen molar-refractivity contribution >= 4 is 0 Å². The van der Waals surface area contributed by atoms with Gasteiger partial charge in [0.05, 0.1) is 18.5 Å². The van der Waals surface area contributed by atoms with E-state index in [1.54, 1.807) is 13.3 Å². The molecule has 0 fully saturated rings. The van der Waals surface area contributed by atoms with Crippen LogP contribution in [-0.4, -0.2) is 31.3 Å². The van der Waals surface area contributed by atoms with Crippen LogP contribution in [0.1, 0.15) is 19.5 Å². The summed E-state index contributed by atoms with van der Waals surface area (Å²) in [5.74, 6) is 0.782. The van der Waals surface area contributed by atoms with Crippen LogP contribution in [0, 0.1) is 0 Å². The lowest BCUT2D eigenvalue weighted by molar-refractivity contribution is 0.0918. The molecule has 0 saturated heterocycles. The largest absolute Gasteiger partial charge is 0.487 e. The Kier molecular flexibility index (Phi) is 5.82. The number of aromatic nitrogens is 1. The van der Waals surface area contributed by atoms with Crippen LogP contribution in [-0.2, 0) is 11.3 Å². The summed E-state index contributed by atoms with van der Waals surface area (Å²) in [6.07, 6.45) is 1.80. The van der Waals surface area contributed by atoms with Crippen molar-refractivity contribution in [2.24, 2.45) is 0 Å². The lowest BCUT2D eigenvalue weighted by atomic mass is 10.3. The molecule has 0 amide bonds. The molecule has 0 aliphatic carbocycles. The monoisotopic (exact) mass is 224 g/mol. The number of methoxy groups -OCH3 is 1. The second kappa shape index (κ2) is 7.19. The highest BCUT2D eigenvalue weighted by molar-refractivity contribution is 5.20. The van der Waals surface area contributed by atoms with Gasteiger partial charge in [-0.2, -0.15) is 0 Å². The van der Waals surface area contributed by atoms with E-state index in [-0.39, 0.29) is 6.10 Å². The summed E-state index contributed by atoms with van der Waals surface area (Å²) in [4.78, 5) is 4.30. The van der Waals surface area contributed by atoms with E-state index in [2.05, 4.69) is 17.2 Å². The van der Waals surface area contributed by atoms with Crippen LogP contribution in [0.5, 0.6) is 5.75 Å². The minimum atomic E-state index is 0.0476. The van der Waals surface area contributed by atoms with Gasteiger partial charge in [-0.1, -0.05) is 6.92 Å². The number of nitrogens with one attached hydrogen (secondary N) is 1. The lowest BCUT2D eigenvalue weighted by Gasteiger charge is -2.13. The van der Waals surface area contributed by atoms with Crippen LogP contribution < -0.4 is 10.1 Å². The molecular formula is C12H20N2O2. The van der Waals surface area contributed by atoms with Gasteiger partial charge in [0.1, 0.15) is 11.9 Å². The molecule has 1 unspecified atom stereocenters. The number of rotatable bonds is 7. The average Bonchev–Trinajstić information content (AvgIpc) is 2.28. The normalized spacial score (nSPS) is 12.4. The van der Waals surface area contributed by atoms with Crippen LogP contribution in [0.3, 0.4) is 0 Å². The molecule has 1 rings (SSSR count). The van der Waals surface area contributed by atoms with E-state index < -0.39 is 0 Å². The van der Waals surface area contributed by atoms with E-state index in [1.807, 2.05) is 19.1 Å². The maximum absolute atomic E-state index is 5.61. The third-order valence-corrected chi connectivity index (χ3v) is 2.09. The molecule has 90 valence electrons. The van der Waals surface area contributed by atoms with Crippen molar-refractivity contribution in [2.45, 2.75) is 26.5 Å². The van der Waals surface area contributed by atoms with E-state index in [4.69, 9.17) is 9.47 Å². The molecule has 16 heavy (non-hydrogen) atoms. The van der Waals surface area contributed by atoms with Crippen molar-refractivity contribution in [3.05, 3.63) is 24.0 Å². The summed E-state index contributed by atoms with van der Waals surface area (Å²) in [5.41, 5.74) is 1.02. The molecule has 1 aromatic rings. The van der Waals surface area contributed by atoms with Gasteiger partial charge in [0.2, 0.25) is 0 Å². The Balaban J connectivity index is 2.44. The molecule has 1 atom stereocenters. The van der Waals surface area contributed by atoms with Crippen LogP contribution in [0.2, 0.25) is 0 Å². The van der Waals surface area contributed by atoms with Crippen molar-refractivity contribution in [1.82, 2.24) is 10.3 Å². The quantitative estimate of drug-likeness (QED) is 0.764. The number of ether oxygens (including phenoxy) is 2. The summed E-state index contributed by atoms with van der Waals surface area (Å²) in [5, 5.41) is 3.22. The summed E-state index contributed by atoms with van der Waals surface area (Å²) < 4.78 is 10.6. The SMILES string of the molecule is CCNCc1ccc(OC(C)COC)cn1. The standard InChI is InChI=1S/C12H20N2O2/c1-4-13-7-11-5-6-12(8-14-11)16-10(2)9-15-3/h5-6,8,10,13H,4,7,9H2,1-3H3. The van der Waals surface area contributed by atoms with Gasteiger partial charge in [0.25, 0.3) is 0 Å². The first-order valence-electron chi connectivity index (χ1n) is 5.57. The summed E-state index contributed by atoms with van der Waals surface area (Å²) in [6.45, 7) is 6.37. The Hall–Kier alpha value is -1.13. The molecule has 0 bridgehead atoms. The molecule has 1 aromatic heterocycles. The molecule has 4 heteroatoms. The molecule has 0 aliphatic heterocycles. The Morgan fingerprint density at radius 1 is 1.44 bits per heavy atom. The fraction of sp³-hybridized carbons (Fsp3) is 0.583. The first kappa shape index (κ1) is 12.9. The van der Waals surface area contributed by atoms with Gasteiger partial charge >= 0.3 is 0 Å². The van der Waals surface area contributed by atoms with E-state index in [0.717, 1.165) is 24.5 Å². The van der Waals surface area contributed by atoms with Crippen LogP contribution >= 0.6 is 0 Å². The number of pyridine rings is 1. The second-order valence-electron chi connectivity index (χ2n) is 3.65. The molecule has 4 nitrogen and oxygen atoms in total. The molecule has 0 aromatic carbocycles. The topological polar surface area (TPSA) is 43.4 Å². The highest BCUT2D eigenvalue weighted by Gasteiger charge is 2.03. The van der Waals surface area contributed by atoms with Crippen molar-refractivity contribution < 1.29 is 9.47 Å². The molecule has 0 aliphatic rings. The predicted octanol–water partition coefficient (Wildman–Crippen LogP) is 1.60. The minimum absolute atomic E-state index is 0.0476. The summed E-state index contributed by atoms with van der Waals surface area (Å²) >= 11 is 0. The van der Waals surface area contributed by atoms with E-state index in [0.29, 0.717) is 6.61 Å². The van der Waals surface area contributed by atoms with Gasteiger partial charge in [-0.05, 0) is 25.6 Å². The highest BCUT2D eigenvalue weighted by atomic mass is 16.5. The van der Waals surface area contributed by atoms with Crippen molar-refractivity contribution in [3.63, 3.8) is 0 Å². The van der Waals surface area contributed by atoms with Crippen molar-refractivity contribution in [1.29, 1.82) is 0 Å². The molecular weight excluding hydrogens is 204 g/mol. The smallest absolute Gasteiger partial charge is 0.138 e. The molecule has 0 saturated carbocycles. The van der Waals surface area contributed by atoms with Crippen LogP contribution in [0.4, 0.5) is 0 Å². The van der Waals surface area contributed by atoms with Gasteiger partial charge in [0.15, 0.2) is 0 Å². The molecule has 0 radical (unpaired) electrons. The Morgan fingerprint density at radius 3 is 2.81 bits per heavy atom. The zero-order valence-corrected chi connectivity index (χ0v) is 10.2. The van der Waals surface area contributed by atoms with E-state index in [9.17, 15) is 0 Å². The molecule has 1 N–H and O–H groups in total. The highest BCUT2D eigenvalue weighted by Crippen LogP contribution is 2.11. The average molecular weight is 224 g/mol. The predicted molar refractivity (Wildman–Crippen MR) is 63.6 cm³/mol. The van der Waals surface area contributed by atoms with Gasteiger partial charge < -0.3 is 14.8 Å². The first-order chi connectivity index (χ1) is 7.76.